The molecular weight excluding hydrogens is 264 g/mol. The monoisotopic (exact) mass is 280 g/mol. The minimum Gasteiger partial charge on any atom is -0.477 e. The fourth-order valence-electron chi connectivity index (χ4n) is 3.27. The van der Waals surface area contributed by atoms with Gasteiger partial charge in [-0.1, -0.05) is 5.16 Å². The van der Waals surface area contributed by atoms with Crippen molar-refractivity contribution in [3.05, 3.63) is 11.3 Å². The van der Waals surface area contributed by atoms with E-state index in [1.54, 1.807) is 6.92 Å². The number of fused-ring (bicyclic) bond motifs is 1. The molecule has 1 fully saturated rings. The van der Waals surface area contributed by atoms with Gasteiger partial charge in [-0.15, -0.1) is 0 Å². The van der Waals surface area contributed by atoms with E-state index in [2.05, 4.69) is 5.16 Å². The molecule has 3 heterocycles. The van der Waals surface area contributed by atoms with E-state index >= 15 is 0 Å². The van der Waals surface area contributed by atoms with Crippen molar-refractivity contribution < 1.29 is 24.6 Å². The number of carboxylic acid groups (broad SMARTS) is 1. The SMILES string of the molecule is CC1=NO[C@H](C2=C(C(=O)O)N3C(=O)[C@H]([C@@H](C)O)[C@H]3C2)C1. The highest BCUT2D eigenvalue weighted by Crippen LogP contribution is 2.45. The molecule has 7 heteroatoms. The zero-order valence-corrected chi connectivity index (χ0v) is 11.2. The number of hydrogen-bond acceptors (Lipinski definition) is 5. The van der Waals surface area contributed by atoms with Crippen LogP contribution in [0.3, 0.4) is 0 Å². The van der Waals surface area contributed by atoms with E-state index in [1.807, 2.05) is 6.92 Å². The van der Waals surface area contributed by atoms with Crippen molar-refractivity contribution in [2.24, 2.45) is 11.1 Å². The van der Waals surface area contributed by atoms with Gasteiger partial charge in [-0.25, -0.2) is 4.79 Å². The summed E-state index contributed by atoms with van der Waals surface area (Å²) in [6.07, 6.45) is -0.217. The Balaban J connectivity index is 1.90. The van der Waals surface area contributed by atoms with Crippen molar-refractivity contribution in [2.45, 2.75) is 44.9 Å². The molecule has 1 saturated heterocycles. The maximum Gasteiger partial charge on any atom is 0.352 e. The number of aliphatic hydroxyl groups is 1. The lowest BCUT2D eigenvalue weighted by molar-refractivity contribution is -0.161. The van der Waals surface area contributed by atoms with Crippen LogP contribution >= 0.6 is 0 Å². The summed E-state index contributed by atoms with van der Waals surface area (Å²) in [6, 6.07) is -0.270. The summed E-state index contributed by atoms with van der Waals surface area (Å²) in [5.41, 5.74) is 1.41. The fraction of sp³-hybridized carbons (Fsp3) is 0.615. The normalized spacial score (nSPS) is 33.5. The molecule has 0 aliphatic carbocycles. The van der Waals surface area contributed by atoms with E-state index in [4.69, 9.17) is 4.84 Å². The van der Waals surface area contributed by atoms with Crippen molar-refractivity contribution in [1.29, 1.82) is 0 Å². The summed E-state index contributed by atoms with van der Waals surface area (Å²) >= 11 is 0. The van der Waals surface area contributed by atoms with Gasteiger partial charge in [0.2, 0.25) is 5.91 Å². The van der Waals surface area contributed by atoms with Gasteiger partial charge in [-0.2, -0.15) is 0 Å². The molecule has 3 aliphatic heterocycles. The molecule has 0 radical (unpaired) electrons. The highest BCUT2D eigenvalue weighted by atomic mass is 16.6. The van der Waals surface area contributed by atoms with E-state index in [-0.39, 0.29) is 17.6 Å². The average molecular weight is 280 g/mol. The number of carbonyl (C=O) groups is 2. The standard InChI is InChI=1S/C13H16N2O5/c1-5-3-9(20-14-5)7-4-8-10(6(2)16)12(17)15(8)11(7)13(18)19/h6,8-10,16H,3-4H2,1-2H3,(H,18,19)/t6-,8-,9+,10-/m1/s1. The third-order valence-electron chi connectivity index (χ3n) is 4.17. The summed E-state index contributed by atoms with van der Waals surface area (Å²) in [7, 11) is 0. The second-order valence-corrected chi connectivity index (χ2v) is 5.55. The molecule has 0 spiro atoms. The van der Waals surface area contributed by atoms with Crippen LogP contribution in [0, 0.1) is 5.92 Å². The lowest BCUT2D eigenvalue weighted by Gasteiger charge is -2.44. The minimum atomic E-state index is -1.13. The predicted octanol–water partition coefficient (Wildman–Crippen LogP) is 0.101. The van der Waals surface area contributed by atoms with Crippen molar-refractivity contribution in [3.8, 4) is 0 Å². The fourth-order valence-corrected chi connectivity index (χ4v) is 3.27. The van der Waals surface area contributed by atoms with E-state index in [1.165, 1.54) is 4.90 Å². The number of hydrogen-bond donors (Lipinski definition) is 2. The number of oxime groups is 1. The zero-order valence-electron chi connectivity index (χ0n) is 11.2. The Morgan fingerprint density at radius 3 is 2.70 bits per heavy atom. The van der Waals surface area contributed by atoms with E-state index in [9.17, 15) is 19.8 Å². The molecule has 0 aromatic heterocycles. The molecule has 2 N–H and O–H groups in total. The molecule has 3 aliphatic rings. The molecular formula is C13H16N2O5. The van der Waals surface area contributed by atoms with Crippen molar-refractivity contribution in [3.63, 3.8) is 0 Å². The van der Waals surface area contributed by atoms with E-state index in [0.29, 0.717) is 18.4 Å². The van der Waals surface area contributed by atoms with Crippen molar-refractivity contribution in [2.75, 3.05) is 0 Å². The molecule has 0 unspecified atom stereocenters. The van der Waals surface area contributed by atoms with Gasteiger partial charge in [-0.3, -0.25) is 4.79 Å². The average Bonchev–Trinajstić information content (AvgIpc) is 2.90. The van der Waals surface area contributed by atoms with Gasteiger partial charge < -0.3 is 20.0 Å². The molecule has 7 nitrogen and oxygen atoms in total. The van der Waals surface area contributed by atoms with E-state index < -0.39 is 24.1 Å². The summed E-state index contributed by atoms with van der Waals surface area (Å²) < 4.78 is 0. The van der Waals surface area contributed by atoms with Crippen LogP contribution < -0.4 is 0 Å². The quantitative estimate of drug-likeness (QED) is 0.714. The van der Waals surface area contributed by atoms with Gasteiger partial charge in [0.05, 0.1) is 23.8 Å². The Labute approximate surface area is 115 Å². The van der Waals surface area contributed by atoms with Crippen molar-refractivity contribution >= 4 is 17.6 Å². The number of carboxylic acids is 1. The number of carbonyl (C=O) groups excluding carboxylic acids is 1. The summed E-state index contributed by atoms with van der Waals surface area (Å²) in [5.74, 6) is -1.98. The molecule has 4 atom stereocenters. The molecule has 20 heavy (non-hydrogen) atoms. The number of nitrogens with zero attached hydrogens (tertiary/aromatic N) is 2. The van der Waals surface area contributed by atoms with Crippen LogP contribution in [-0.2, 0) is 14.4 Å². The van der Waals surface area contributed by atoms with Gasteiger partial charge in [-0.05, 0) is 20.3 Å². The predicted molar refractivity (Wildman–Crippen MR) is 67.7 cm³/mol. The summed E-state index contributed by atoms with van der Waals surface area (Å²) in [4.78, 5) is 30.0. The van der Waals surface area contributed by atoms with Crippen molar-refractivity contribution in [1.82, 2.24) is 4.90 Å². The van der Waals surface area contributed by atoms with Crippen LogP contribution in [0.15, 0.2) is 16.4 Å². The van der Waals surface area contributed by atoms with Gasteiger partial charge in [0.1, 0.15) is 5.70 Å². The first-order valence-corrected chi connectivity index (χ1v) is 6.58. The van der Waals surface area contributed by atoms with Crippen LogP contribution in [0.4, 0.5) is 0 Å². The molecule has 0 saturated carbocycles. The number of aliphatic carboxylic acids is 1. The molecule has 0 aromatic rings. The first-order valence-electron chi connectivity index (χ1n) is 6.58. The third-order valence-corrected chi connectivity index (χ3v) is 4.17. The Hall–Kier alpha value is -1.89. The van der Waals surface area contributed by atoms with Gasteiger partial charge >= 0.3 is 5.97 Å². The van der Waals surface area contributed by atoms with Gasteiger partial charge in [0.15, 0.2) is 6.10 Å². The van der Waals surface area contributed by atoms with Gasteiger partial charge in [0, 0.05) is 12.0 Å². The van der Waals surface area contributed by atoms with Crippen LogP contribution in [0.1, 0.15) is 26.7 Å². The molecule has 1 amide bonds. The largest absolute Gasteiger partial charge is 0.477 e. The number of β-lactam (4-membered cyclic amide) rings is 1. The maximum absolute atomic E-state index is 12.0. The topological polar surface area (TPSA) is 99.4 Å². The Kier molecular flexibility index (Phi) is 2.82. The van der Waals surface area contributed by atoms with Crippen LogP contribution in [-0.4, -0.2) is 51.0 Å². The highest BCUT2D eigenvalue weighted by molar-refractivity contribution is 6.00. The number of amides is 1. The van der Waals surface area contributed by atoms with E-state index in [0.717, 1.165) is 5.71 Å². The lowest BCUT2D eigenvalue weighted by Crippen LogP contribution is -2.61. The lowest BCUT2D eigenvalue weighted by atomic mass is 9.82. The smallest absolute Gasteiger partial charge is 0.352 e. The maximum atomic E-state index is 12.0. The molecule has 108 valence electrons. The second-order valence-electron chi connectivity index (χ2n) is 5.55. The Morgan fingerprint density at radius 2 is 2.20 bits per heavy atom. The number of aliphatic hydroxyl groups excluding tert-OH is 1. The first-order chi connectivity index (χ1) is 9.41. The molecule has 3 rings (SSSR count). The highest BCUT2D eigenvalue weighted by Gasteiger charge is 2.57. The third kappa shape index (κ3) is 1.66. The summed E-state index contributed by atoms with van der Waals surface area (Å²) in [5, 5.41) is 22.8. The van der Waals surface area contributed by atoms with Crippen LogP contribution in [0.5, 0.6) is 0 Å². The van der Waals surface area contributed by atoms with Crippen LogP contribution in [0.25, 0.3) is 0 Å². The second kappa shape index (κ2) is 4.31. The first kappa shape index (κ1) is 13.1. The number of rotatable bonds is 3. The van der Waals surface area contributed by atoms with Crippen LogP contribution in [0.2, 0.25) is 0 Å². The Morgan fingerprint density at radius 1 is 1.50 bits per heavy atom. The Bertz CT molecular complexity index is 551. The van der Waals surface area contributed by atoms with Gasteiger partial charge in [0.25, 0.3) is 0 Å². The molecule has 0 aromatic carbocycles. The molecule has 0 bridgehead atoms. The summed E-state index contributed by atoms with van der Waals surface area (Å²) in [6.45, 7) is 3.37. The minimum absolute atomic E-state index is 0.00630. The zero-order chi connectivity index (χ0) is 14.6.